The highest BCUT2D eigenvalue weighted by Crippen LogP contribution is 2.38. The molecule has 0 aliphatic heterocycles. The van der Waals surface area contributed by atoms with Gasteiger partial charge in [0, 0.05) is 25.7 Å². The van der Waals surface area contributed by atoms with Crippen LogP contribution in [0.15, 0.2) is 24.4 Å². The Kier molecular flexibility index (Phi) is 5.46. The van der Waals surface area contributed by atoms with Gasteiger partial charge in [0.05, 0.1) is 21.3 Å². The van der Waals surface area contributed by atoms with Crippen molar-refractivity contribution in [3.05, 3.63) is 30.0 Å². The normalized spacial score (nSPS) is 10.3. The molecule has 1 amide bonds. The number of carbonyl (C=O) groups excluding carboxylic acids is 1. The van der Waals surface area contributed by atoms with E-state index in [9.17, 15) is 4.79 Å². The topological polar surface area (TPSA) is 74.6 Å². The van der Waals surface area contributed by atoms with Crippen molar-refractivity contribution in [3.63, 3.8) is 0 Å². The second-order valence-corrected chi connectivity index (χ2v) is 4.96. The molecule has 1 aromatic heterocycles. The molecule has 23 heavy (non-hydrogen) atoms. The summed E-state index contributed by atoms with van der Waals surface area (Å²) in [4.78, 5) is 12.0. The van der Waals surface area contributed by atoms with E-state index in [1.807, 2.05) is 12.1 Å². The smallest absolute Gasteiger partial charge is 0.225 e. The molecule has 0 radical (unpaired) electrons. The maximum absolute atomic E-state index is 12.0. The number of aromatic nitrogens is 2. The van der Waals surface area contributed by atoms with Gasteiger partial charge in [-0.3, -0.25) is 9.48 Å². The van der Waals surface area contributed by atoms with Crippen LogP contribution < -0.4 is 19.5 Å². The van der Waals surface area contributed by atoms with Gasteiger partial charge >= 0.3 is 0 Å². The van der Waals surface area contributed by atoms with Gasteiger partial charge in [0.25, 0.3) is 0 Å². The molecule has 7 heteroatoms. The number of rotatable bonds is 7. The summed E-state index contributed by atoms with van der Waals surface area (Å²) < 4.78 is 17.5. The molecule has 1 aromatic carbocycles. The molecule has 1 heterocycles. The molecule has 0 unspecified atom stereocenters. The SMILES string of the molecule is COc1cc(CCC(=O)Nc2ccn(C)n2)cc(OC)c1OC. The zero-order valence-corrected chi connectivity index (χ0v) is 13.8. The molecule has 0 fully saturated rings. The van der Waals surface area contributed by atoms with Crippen LogP contribution in [0.5, 0.6) is 17.2 Å². The van der Waals surface area contributed by atoms with Crippen LogP contribution in [0.25, 0.3) is 0 Å². The summed E-state index contributed by atoms with van der Waals surface area (Å²) in [6, 6.07) is 5.43. The largest absolute Gasteiger partial charge is 0.493 e. The van der Waals surface area contributed by atoms with Crippen LogP contribution in [0.2, 0.25) is 0 Å². The van der Waals surface area contributed by atoms with Gasteiger partial charge in [-0.1, -0.05) is 0 Å². The van der Waals surface area contributed by atoms with Crippen molar-refractivity contribution in [2.75, 3.05) is 26.6 Å². The highest BCUT2D eigenvalue weighted by Gasteiger charge is 2.14. The van der Waals surface area contributed by atoms with E-state index in [0.29, 0.717) is 35.9 Å². The number of hydrogen-bond donors (Lipinski definition) is 1. The fourth-order valence-electron chi connectivity index (χ4n) is 2.22. The van der Waals surface area contributed by atoms with Crippen LogP contribution in [0.1, 0.15) is 12.0 Å². The van der Waals surface area contributed by atoms with E-state index in [0.717, 1.165) is 5.56 Å². The molecule has 7 nitrogen and oxygen atoms in total. The second-order valence-electron chi connectivity index (χ2n) is 4.96. The Morgan fingerprint density at radius 1 is 1.17 bits per heavy atom. The number of aryl methyl sites for hydroxylation is 2. The number of ether oxygens (including phenoxy) is 3. The monoisotopic (exact) mass is 319 g/mol. The van der Waals surface area contributed by atoms with Crippen molar-refractivity contribution in [1.82, 2.24) is 9.78 Å². The van der Waals surface area contributed by atoms with Crippen molar-refractivity contribution in [3.8, 4) is 17.2 Å². The third-order valence-corrected chi connectivity index (χ3v) is 3.35. The first kappa shape index (κ1) is 16.7. The van der Waals surface area contributed by atoms with Gasteiger partial charge in [-0.05, 0) is 24.1 Å². The van der Waals surface area contributed by atoms with Crippen molar-refractivity contribution in [2.45, 2.75) is 12.8 Å². The van der Waals surface area contributed by atoms with Gasteiger partial charge in [-0.15, -0.1) is 0 Å². The number of nitrogens with zero attached hydrogens (tertiary/aromatic N) is 2. The average Bonchev–Trinajstić information content (AvgIpc) is 2.96. The Hall–Kier alpha value is -2.70. The minimum absolute atomic E-state index is 0.0996. The lowest BCUT2D eigenvalue weighted by atomic mass is 10.1. The maximum Gasteiger partial charge on any atom is 0.225 e. The van der Waals surface area contributed by atoms with E-state index < -0.39 is 0 Å². The number of amides is 1. The average molecular weight is 319 g/mol. The van der Waals surface area contributed by atoms with Crippen LogP contribution in [-0.4, -0.2) is 37.0 Å². The summed E-state index contributed by atoms with van der Waals surface area (Å²) in [6.07, 6.45) is 2.65. The van der Waals surface area contributed by atoms with Crippen LogP contribution in [0.4, 0.5) is 5.82 Å². The van der Waals surface area contributed by atoms with E-state index in [4.69, 9.17) is 14.2 Å². The van der Waals surface area contributed by atoms with Gasteiger partial charge in [0.15, 0.2) is 17.3 Å². The predicted molar refractivity (Wildman–Crippen MR) is 86.3 cm³/mol. The molecule has 0 bridgehead atoms. The van der Waals surface area contributed by atoms with Crippen LogP contribution in [-0.2, 0) is 18.3 Å². The third-order valence-electron chi connectivity index (χ3n) is 3.35. The zero-order valence-electron chi connectivity index (χ0n) is 13.8. The quantitative estimate of drug-likeness (QED) is 0.845. The first-order valence-corrected chi connectivity index (χ1v) is 7.15. The standard InChI is InChI=1S/C16H21N3O4/c1-19-8-7-14(18-19)17-15(20)6-5-11-9-12(21-2)16(23-4)13(10-11)22-3/h7-10H,5-6H2,1-4H3,(H,17,18,20). The number of benzene rings is 1. The van der Waals surface area contributed by atoms with Gasteiger partial charge in [0.1, 0.15) is 0 Å². The fourth-order valence-corrected chi connectivity index (χ4v) is 2.22. The molecule has 1 N–H and O–H groups in total. The highest BCUT2D eigenvalue weighted by molar-refractivity contribution is 5.89. The first-order chi connectivity index (χ1) is 11.1. The van der Waals surface area contributed by atoms with Crippen LogP contribution in [0, 0.1) is 0 Å². The Morgan fingerprint density at radius 2 is 1.83 bits per heavy atom. The summed E-state index contributed by atoms with van der Waals surface area (Å²) in [7, 11) is 6.48. The lowest BCUT2D eigenvalue weighted by Crippen LogP contribution is -2.13. The summed E-state index contributed by atoms with van der Waals surface area (Å²) in [5.74, 6) is 2.13. The van der Waals surface area contributed by atoms with Crippen LogP contribution >= 0.6 is 0 Å². The van der Waals surface area contributed by atoms with Gasteiger partial charge in [-0.25, -0.2) is 0 Å². The predicted octanol–water partition coefficient (Wildman–Crippen LogP) is 2.02. The summed E-state index contributed by atoms with van der Waals surface area (Å²) in [5.41, 5.74) is 0.927. The minimum atomic E-state index is -0.0996. The molecule has 124 valence electrons. The molecule has 2 rings (SSSR count). The van der Waals surface area contributed by atoms with Crippen molar-refractivity contribution >= 4 is 11.7 Å². The molecular formula is C16H21N3O4. The Morgan fingerprint density at radius 3 is 2.30 bits per heavy atom. The van der Waals surface area contributed by atoms with E-state index in [-0.39, 0.29) is 5.91 Å². The summed E-state index contributed by atoms with van der Waals surface area (Å²) >= 11 is 0. The van der Waals surface area contributed by atoms with E-state index >= 15 is 0 Å². The van der Waals surface area contributed by atoms with E-state index in [1.54, 1.807) is 45.3 Å². The molecule has 0 spiro atoms. The number of hydrogen-bond acceptors (Lipinski definition) is 5. The van der Waals surface area contributed by atoms with Crippen molar-refractivity contribution < 1.29 is 19.0 Å². The number of anilines is 1. The van der Waals surface area contributed by atoms with Gasteiger partial charge in [0.2, 0.25) is 11.7 Å². The van der Waals surface area contributed by atoms with Crippen molar-refractivity contribution in [1.29, 1.82) is 0 Å². The maximum atomic E-state index is 12.0. The minimum Gasteiger partial charge on any atom is -0.493 e. The van der Waals surface area contributed by atoms with Crippen LogP contribution in [0.3, 0.4) is 0 Å². The van der Waals surface area contributed by atoms with Gasteiger partial charge < -0.3 is 19.5 Å². The third kappa shape index (κ3) is 4.15. The van der Waals surface area contributed by atoms with E-state index in [1.165, 1.54) is 0 Å². The Labute approximate surface area is 135 Å². The summed E-state index contributed by atoms with van der Waals surface area (Å²) in [5, 5.41) is 6.87. The fraction of sp³-hybridized carbons (Fsp3) is 0.375. The molecule has 0 saturated carbocycles. The molecule has 0 aliphatic carbocycles. The molecular weight excluding hydrogens is 298 g/mol. The van der Waals surface area contributed by atoms with Crippen molar-refractivity contribution in [2.24, 2.45) is 7.05 Å². The Bertz CT molecular complexity index is 657. The lowest BCUT2D eigenvalue weighted by Gasteiger charge is -2.14. The second kappa shape index (κ2) is 7.53. The number of nitrogens with one attached hydrogen (secondary N) is 1. The zero-order chi connectivity index (χ0) is 16.8. The summed E-state index contributed by atoms with van der Waals surface area (Å²) in [6.45, 7) is 0. The molecule has 0 saturated heterocycles. The van der Waals surface area contributed by atoms with E-state index in [2.05, 4.69) is 10.4 Å². The van der Waals surface area contributed by atoms with Gasteiger partial charge in [-0.2, -0.15) is 5.10 Å². The molecule has 0 atom stereocenters. The first-order valence-electron chi connectivity index (χ1n) is 7.15. The highest BCUT2D eigenvalue weighted by atomic mass is 16.5. The Balaban J connectivity index is 2.03. The molecule has 2 aromatic rings. The molecule has 0 aliphatic rings. The number of carbonyl (C=O) groups is 1. The lowest BCUT2D eigenvalue weighted by molar-refractivity contribution is -0.116. The number of methoxy groups -OCH3 is 3.